The van der Waals surface area contributed by atoms with E-state index in [1.165, 1.54) is 6.07 Å². The highest BCUT2D eigenvalue weighted by molar-refractivity contribution is 9.10. The molecule has 138 valence electrons. The molecule has 2 aromatic rings. The fraction of sp³-hybridized carbons (Fsp3) is 0.474. The number of ether oxygens (including phenoxy) is 1. The maximum Gasteiger partial charge on any atom is 0.411 e. The molecule has 1 aliphatic carbocycles. The number of amides is 1. The van der Waals surface area contributed by atoms with Crippen LogP contribution in [0, 0.1) is 11.7 Å². The van der Waals surface area contributed by atoms with Crippen LogP contribution >= 0.6 is 15.9 Å². The molecule has 0 spiro atoms. The van der Waals surface area contributed by atoms with Gasteiger partial charge in [-0.15, -0.1) is 0 Å². The molecular weight excluding hydrogens is 401 g/mol. The van der Waals surface area contributed by atoms with E-state index in [1.807, 2.05) is 20.8 Å². The molecule has 1 saturated carbocycles. The molecule has 1 N–H and O–H groups in total. The van der Waals surface area contributed by atoms with Crippen LogP contribution in [0.1, 0.15) is 45.5 Å². The smallest absolute Gasteiger partial charge is 0.411 e. The van der Waals surface area contributed by atoms with Gasteiger partial charge >= 0.3 is 6.09 Å². The second kappa shape index (κ2) is 6.08. The van der Waals surface area contributed by atoms with Crippen LogP contribution in [0.2, 0.25) is 0 Å². The average molecular weight is 422 g/mol. The number of nitrogens with one attached hydrogen (secondary N) is 1. The zero-order valence-corrected chi connectivity index (χ0v) is 16.5. The number of aromatic amines is 1. The fourth-order valence-corrected chi connectivity index (χ4v) is 3.96. The number of halogens is 2. The molecular formula is C19H21BrFN3O2. The minimum Gasteiger partial charge on any atom is -0.444 e. The number of rotatable bonds is 2. The van der Waals surface area contributed by atoms with E-state index >= 15 is 0 Å². The number of fused-ring (bicyclic) bond motifs is 1. The largest absolute Gasteiger partial charge is 0.444 e. The molecule has 5 nitrogen and oxygen atoms in total. The Bertz CT molecular complexity index is 861. The van der Waals surface area contributed by atoms with Crippen LogP contribution in [0.4, 0.5) is 9.18 Å². The Kier molecular flexibility index (Phi) is 4.10. The summed E-state index contributed by atoms with van der Waals surface area (Å²) in [6, 6.07) is 4.99. The van der Waals surface area contributed by atoms with E-state index in [2.05, 4.69) is 25.9 Å². The summed E-state index contributed by atoms with van der Waals surface area (Å²) in [5, 5.41) is 0. The molecule has 2 fully saturated rings. The van der Waals surface area contributed by atoms with Gasteiger partial charge in [-0.2, -0.15) is 0 Å². The number of carbonyl (C=O) groups is 1. The van der Waals surface area contributed by atoms with Crippen LogP contribution in [-0.4, -0.2) is 32.6 Å². The Labute approximate surface area is 160 Å². The Hall–Kier alpha value is -1.89. The number of hydrogen-bond donors (Lipinski definition) is 1. The van der Waals surface area contributed by atoms with Crippen LogP contribution < -0.4 is 0 Å². The topological polar surface area (TPSA) is 58.2 Å². The summed E-state index contributed by atoms with van der Waals surface area (Å²) in [7, 11) is 0. The first-order valence-corrected chi connectivity index (χ1v) is 9.54. The van der Waals surface area contributed by atoms with Gasteiger partial charge in [-0.25, -0.2) is 14.2 Å². The van der Waals surface area contributed by atoms with Crippen LogP contribution in [0.5, 0.6) is 0 Å². The number of carbonyl (C=O) groups excluding carboxylic acids is 1. The summed E-state index contributed by atoms with van der Waals surface area (Å²) in [5.74, 6) is 0.860. The standard InChI is InChI=1S/C19H21BrFN3O2/c1-19(2,3)26-18(25)24-15-6-10(15)7-16(24)17-22-9-14(23-17)12-5-4-11(20)8-13(12)21/h4-5,8-10,15-16H,6-7H2,1-3H3,(H,22,23)/t10-,15?,16+/m1/s1. The molecule has 1 aliphatic heterocycles. The van der Waals surface area contributed by atoms with Crippen molar-refractivity contribution in [1.82, 2.24) is 14.9 Å². The zero-order chi connectivity index (χ0) is 18.6. The molecule has 1 aromatic heterocycles. The first kappa shape index (κ1) is 17.5. The van der Waals surface area contributed by atoms with E-state index in [0.717, 1.165) is 12.8 Å². The minimum absolute atomic E-state index is 0.152. The molecule has 2 heterocycles. The van der Waals surface area contributed by atoms with Crippen molar-refractivity contribution in [1.29, 1.82) is 0 Å². The number of hydrogen-bond acceptors (Lipinski definition) is 3. The summed E-state index contributed by atoms with van der Waals surface area (Å²) in [6.07, 6.45) is 3.20. The van der Waals surface area contributed by atoms with Gasteiger partial charge < -0.3 is 9.72 Å². The molecule has 0 radical (unpaired) electrons. The molecule has 4 rings (SSSR count). The number of benzene rings is 1. The van der Waals surface area contributed by atoms with Crippen molar-refractivity contribution < 1.29 is 13.9 Å². The van der Waals surface area contributed by atoms with Crippen LogP contribution in [0.15, 0.2) is 28.9 Å². The van der Waals surface area contributed by atoms with Crippen LogP contribution in [-0.2, 0) is 4.74 Å². The first-order valence-electron chi connectivity index (χ1n) is 8.74. The summed E-state index contributed by atoms with van der Waals surface area (Å²) in [4.78, 5) is 22.1. The van der Waals surface area contributed by atoms with Crippen molar-refractivity contribution in [2.45, 2.75) is 51.3 Å². The second-order valence-electron chi connectivity index (χ2n) is 8.01. The van der Waals surface area contributed by atoms with Crippen molar-refractivity contribution in [3.63, 3.8) is 0 Å². The average Bonchev–Trinajstić information content (AvgIpc) is 2.96. The Morgan fingerprint density at radius 1 is 1.38 bits per heavy atom. The van der Waals surface area contributed by atoms with Gasteiger partial charge in [0.1, 0.15) is 17.2 Å². The zero-order valence-electron chi connectivity index (χ0n) is 14.9. The predicted molar refractivity (Wildman–Crippen MR) is 99.0 cm³/mol. The van der Waals surface area contributed by atoms with Gasteiger partial charge in [0.15, 0.2) is 0 Å². The number of H-pyrrole nitrogens is 1. The third kappa shape index (κ3) is 3.24. The highest BCUT2D eigenvalue weighted by Crippen LogP contribution is 2.53. The summed E-state index contributed by atoms with van der Waals surface area (Å²) < 4.78 is 20.5. The Morgan fingerprint density at radius 2 is 2.15 bits per heavy atom. The van der Waals surface area contributed by atoms with Crippen molar-refractivity contribution in [2.24, 2.45) is 5.92 Å². The van der Waals surface area contributed by atoms with Gasteiger partial charge in [-0.05, 0) is 57.7 Å². The lowest BCUT2D eigenvalue weighted by atomic mass is 10.1. The van der Waals surface area contributed by atoms with E-state index in [4.69, 9.17) is 4.74 Å². The number of imidazole rings is 1. The van der Waals surface area contributed by atoms with E-state index in [9.17, 15) is 9.18 Å². The van der Waals surface area contributed by atoms with E-state index in [0.29, 0.717) is 27.5 Å². The molecule has 2 aliphatic rings. The number of likely N-dealkylation sites (tertiary alicyclic amines) is 1. The maximum absolute atomic E-state index is 14.2. The van der Waals surface area contributed by atoms with Gasteiger partial charge in [0.05, 0.1) is 17.9 Å². The maximum atomic E-state index is 14.2. The van der Waals surface area contributed by atoms with Gasteiger partial charge in [0.2, 0.25) is 0 Å². The number of piperidine rings is 1. The SMILES string of the molecule is CC(C)(C)OC(=O)N1C2C[C@@H]2C[C@H]1c1ncc(-c2ccc(Br)cc2F)[nH]1. The fourth-order valence-electron chi connectivity index (χ4n) is 3.63. The van der Waals surface area contributed by atoms with Crippen LogP contribution in [0.25, 0.3) is 11.3 Å². The highest BCUT2D eigenvalue weighted by atomic mass is 79.9. The first-order chi connectivity index (χ1) is 12.2. The van der Waals surface area contributed by atoms with E-state index < -0.39 is 5.60 Å². The third-order valence-electron chi connectivity index (χ3n) is 4.84. The van der Waals surface area contributed by atoms with Gasteiger partial charge in [0.25, 0.3) is 0 Å². The summed E-state index contributed by atoms with van der Waals surface area (Å²) in [6.45, 7) is 5.59. The van der Waals surface area contributed by atoms with Gasteiger partial charge in [-0.1, -0.05) is 15.9 Å². The summed E-state index contributed by atoms with van der Waals surface area (Å²) in [5.41, 5.74) is 0.525. The molecule has 7 heteroatoms. The summed E-state index contributed by atoms with van der Waals surface area (Å²) >= 11 is 3.26. The second-order valence-corrected chi connectivity index (χ2v) is 8.92. The quantitative estimate of drug-likeness (QED) is 0.737. The number of nitrogens with zero attached hydrogens (tertiary/aromatic N) is 2. The lowest BCUT2D eigenvalue weighted by Gasteiger charge is -2.29. The molecule has 3 atom stereocenters. The molecule has 0 bridgehead atoms. The third-order valence-corrected chi connectivity index (χ3v) is 5.33. The van der Waals surface area contributed by atoms with Crippen molar-refractivity contribution >= 4 is 22.0 Å². The van der Waals surface area contributed by atoms with Crippen LogP contribution in [0.3, 0.4) is 0 Å². The van der Waals surface area contributed by atoms with Crippen molar-refractivity contribution in [2.75, 3.05) is 0 Å². The highest BCUT2D eigenvalue weighted by Gasteiger charge is 2.56. The van der Waals surface area contributed by atoms with Gasteiger partial charge in [-0.3, -0.25) is 4.90 Å². The van der Waals surface area contributed by atoms with E-state index in [1.54, 1.807) is 23.2 Å². The Morgan fingerprint density at radius 3 is 2.85 bits per heavy atom. The molecule has 26 heavy (non-hydrogen) atoms. The molecule has 1 saturated heterocycles. The normalized spacial score (nSPS) is 24.5. The lowest BCUT2D eigenvalue weighted by Crippen LogP contribution is -2.38. The molecule has 1 aromatic carbocycles. The van der Waals surface area contributed by atoms with Crippen molar-refractivity contribution in [3.8, 4) is 11.3 Å². The predicted octanol–water partition coefficient (Wildman–Crippen LogP) is 5.05. The molecule has 1 amide bonds. The van der Waals surface area contributed by atoms with Crippen molar-refractivity contribution in [3.05, 3.63) is 40.5 Å². The minimum atomic E-state index is -0.538. The number of aromatic nitrogens is 2. The lowest BCUT2D eigenvalue weighted by molar-refractivity contribution is 0.0175. The molecule has 1 unspecified atom stereocenters. The van der Waals surface area contributed by atoms with Gasteiger partial charge in [0, 0.05) is 16.1 Å². The Balaban J connectivity index is 1.59. The monoisotopic (exact) mass is 421 g/mol. The van der Waals surface area contributed by atoms with E-state index in [-0.39, 0.29) is 24.0 Å².